The molecular formula is C23H38O7. The number of aliphatic hydroxyl groups is 2. The Labute approximate surface area is 179 Å². The van der Waals surface area contributed by atoms with E-state index in [0.717, 1.165) is 24.7 Å². The lowest BCUT2D eigenvalue weighted by atomic mass is 9.94. The Hall–Kier alpha value is -1.73. The average Bonchev–Trinajstić information content (AvgIpc) is 2.93. The van der Waals surface area contributed by atoms with Gasteiger partial charge in [0.25, 0.3) is 0 Å². The summed E-state index contributed by atoms with van der Waals surface area (Å²) in [6, 6.07) is 0. The standard InChI is InChI=1S/C23H38O7/c1-15(2)8-5-9-16(3)10-6-11-17(4)12-7-13-19(25)29-14-18(24)22-20(26)21(27)23(28)30-22/h12,15-16,18,21-22,24,27H,5-11,13-14H2,1-4H3. The molecule has 1 heterocycles. The third-order valence-electron chi connectivity index (χ3n) is 5.37. The van der Waals surface area contributed by atoms with Crippen molar-refractivity contribution in [3.63, 3.8) is 0 Å². The molecule has 0 saturated carbocycles. The Bertz CT molecular complexity index is 596. The number of hydrogen-bond acceptors (Lipinski definition) is 7. The van der Waals surface area contributed by atoms with Crippen LogP contribution in [0.2, 0.25) is 0 Å². The number of esters is 2. The maximum absolute atomic E-state index is 11.8. The van der Waals surface area contributed by atoms with Gasteiger partial charge in [-0.25, -0.2) is 4.79 Å². The minimum absolute atomic E-state index is 0.163. The quantitative estimate of drug-likeness (QED) is 0.249. The van der Waals surface area contributed by atoms with Gasteiger partial charge < -0.3 is 19.7 Å². The Balaban J connectivity index is 2.16. The molecule has 2 N–H and O–H groups in total. The number of allylic oxidation sites excluding steroid dienone is 2. The molecule has 0 radical (unpaired) electrons. The van der Waals surface area contributed by atoms with Gasteiger partial charge in [0.15, 0.2) is 6.10 Å². The fraction of sp³-hybridized carbons (Fsp3) is 0.783. The van der Waals surface area contributed by atoms with Crippen LogP contribution < -0.4 is 0 Å². The van der Waals surface area contributed by atoms with Crippen LogP contribution in [-0.4, -0.2) is 52.9 Å². The second-order valence-corrected chi connectivity index (χ2v) is 8.82. The Kier molecular flexibility index (Phi) is 11.9. The van der Waals surface area contributed by atoms with Crippen molar-refractivity contribution in [3.05, 3.63) is 11.6 Å². The van der Waals surface area contributed by atoms with Crippen LogP contribution in [0.1, 0.15) is 79.1 Å². The van der Waals surface area contributed by atoms with Crippen LogP contribution in [0.15, 0.2) is 11.6 Å². The molecule has 0 aromatic rings. The second kappa shape index (κ2) is 13.5. The molecule has 30 heavy (non-hydrogen) atoms. The summed E-state index contributed by atoms with van der Waals surface area (Å²) in [7, 11) is 0. The highest BCUT2D eigenvalue weighted by Crippen LogP contribution is 2.19. The van der Waals surface area contributed by atoms with E-state index in [4.69, 9.17) is 4.74 Å². The van der Waals surface area contributed by atoms with Gasteiger partial charge in [-0.3, -0.25) is 9.59 Å². The predicted octanol–water partition coefficient (Wildman–Crippen LogP) is 3.11. The van der Waals surface area contributed by atoms with Gasteiger partial charge in [0.1, 0.15) is 12.7 Å². The first kappa shape index (κ1) is 26.3. The van der Waals surface area contributed by atoms with Crippen molar-refractivity contribution in [3.8, 4) is 0 Å². The van der Waals surface area contributed by atoms with Crippen LogP contribution in [-0.2, 0) is 23.9 Å². The summed E-state index contributed by atoms with van der Waals surface area (Å²) in [5.41, 5.74) is 1.25. The van der Waals surface area contributed by atoms with Crippen molar-refractivity contribution >= 4 is 17.7 Å². The van der Waals surface area contributed by atoms with E-state index in [0.29, 0.717) is 6.42 Å². The number of carbonyl (C=O) groups excluding carboxylic acids is 3. The van der Waals surface area contributed by atoms with E-state index in [-0.39, 0.29) is 6.42 Å². The zero-order valence-corrected chi connectivity index (χ0v) is 18.8. The van der Waals surface area contributed by atoms with Gasteiger partial charge in [-0.1, -0.05) is 58.1 Å². The Morgan fingerprint density at radius 1 is 1.13 bits per heavy atom. The Morgan fingerprint density at radius 2 is 1.80 bits per heavy atom. The van der Waals surface area contributed by atoms with Crippen molar-refractivity contribution < 1.29 is 34.1 Å². The highest BCUT2D eigenvalue weighted by Gasteiger charge is 2.46. The van der Waals surface area contributed by atoms with Crippen LogP contribution >= 0.6 is 0 Å². The average molecular weight is 427 g/mol. The third kappa shape index (κ3) is 9.85. The molecule has 4 unspecified atom stereocenters. The molecule has 0 aromatic carbocycles. The first-order valence-electron chi connectivity index (χ1n) is 11.0. The van der Waals surface area contributed by atoms with E-state index < -0.39 is 42.6 Å². The number of ether oxygens (including phenoxy) is 2. The topological polar surface area (TPSA) is 110 Å². The maximum atomic E-state index is 11.8. The first-order valence-corrected chi connectivity index (χ1v) is 11.0. The van der Waals surface area contributed by atoms with Gasteiger partial charge in [0.05, 0.1) is 0 Å². The van der Waals surface area contributed by atoms with E-state index in [1.54, 1.807) is 0 Å². The second-order valence-electron chi connectivity index (χ2n) is 8.82. The van der Waals surface area contributed by atoms with Gasteiger partial charge in [0.2, 0.25) is 11.9 Å². The molecule has 0 bridgehead atoms. The predicted molar refractivity (Wildman–Crippen MR) is 113 cm³/mol. The molecule has 1 fully saturated rings. The van der Waals surface area contributed by atoms with Gasteiger partial charge in [0, 0.05) is 6.42 Å². The zero-order chi connectivity index (χ0) is 22.7. The van der Waals surface area contributed by atoms with Crippen LogP contribution in [0.5, 0.6) is 0 Å². The van der Waals surface area contributed by atoms with E-state index >= 15 is 0 Å². The molecular weight excluding hydrogens is 388 g/mol. The number of ketones is 1. The maximum Gasteiger partial charge on any atom is 0.343 e. The van der Waals surface area contributed by atoms with Gasteiger partial charge in [-0.2, -0.15) is 0 Å². The SMILES string of the molecule is CC(=CCCC(=O)OCC(O)C1OC(=O)C(O)C1=O)CCCC(C)CCCC(C)C. The summed E-state index contributed by atoms with van der Waals surface area (Å²) in [5.74, 6) is -1.01. The monoisotopic (exact) mass is 426 g/mol. The summed E-state index contributed by atoms with van der Waals surface area (Å²) >= 11 is 0. The van der Waals surface area contributed by atoms with Gasteiger partial charge in [-0.05, 0) is 38.0 Å². The van der Waals surface area contributed by atoms with Crippen LogP contribution in [0.25, 0.3) is 0 Å². The van der Waals surface area contributed by atoms with Crippen LogP contribution in [0, 0.1) is 11.8 Å². The summed E-state index contributed by atoms with van der Waals surface area (Å²) in [4.78, 5) is 34.5. The molecule has 1 rings (SSSR count). The first-order chi connectivity index (χ1) is 14.1. The van der Waals surface area contributed by atoms with Crippen LogP contribution in [0.4, 0.5) is 0 Å². The Morgan fingerprint density at radius 3 is 2.40 bits per heavy atom. The summed E-state index contributed by atoms with van der Waals surface area (Å²) < 4.78 is 9.53. The fourth-order valence-corrected chi connectivity index (χ4v) is 3.41. The third-order valence-corrected chi connectivity index (χ3v) is 5.37. The number of carbonyl (C=O) groups is 3. The fourth-order valence-electron chi connectivity index (χ4n) is 3.41. The summed E-state index contributed by atoms with van der Waals surface area (Å²) in [5, 5.41) is 19.1. The molecule has 1 aliphatic heterocycles. The normalized spacial score (nSPS) is 21.6. The van der Waals surface area contributed by atoms with Crippen molar-refractivity contribution in [2.75, 3.05) is 6.61 Å². The molecule has 172 valence electrons. The molecule has 0 aliphatic carbocycles. The highest BCUT2D eigenvalue weighted by molar-refractivity contribution is 6.09. The van der Waals surface area contributed by atoms with E-state index in [1.807, 2.05) is 6.08 Å². The van der Waals surface area contributed by atoms with Crippen molar-refractivity contribution in [2.24, 2.45) is 11.8 Å². The molecule has 1 saturated heterocycles. The zero-order valence-electron chi connectivity index (χ0n) is 18.8. The highest BCUT2D eigenvalue weighted by atomic mass is 16.6. The molecule has 0 amide bonds. The molecule has 7 nitrogen and oxygen atoms in total. The van der Waals surface area contributed by atoms with Gasteiger partial charge in [-0.15, -0.1) is 0 Å². The van der Waals surface area contributed by atoms with Crippen molar-refractivity contribution in [1.29, 1.82) is 0 Å². The molecule has 0 aromatic heterocycles. The minimum atomic E-state index is -1.88. The number of hydrogen-bond donors (Lipinski definition) is 2. The van der Waals surface area contributed by atoms with Gasteiger partial charge >= 0.3 is 11.9 Å². The number of Topliss-reactive ketones (excluding diaryl/α,β-unsaturated/α-hetero) is 1. The number of rotatable bonds is 14. The van der Waals surface area contributed by atoms with Crippen molar-refractivity contribution in [1.82, 2.24) is 0 Å². The lowest BCUT2D eigenvalue weighted by Gasteiger charge is -2.15. The summed E-state index contributed by atoms with van der Waals surface area (Å²) in [6.07, 6.45) is 5.11. The van der Waals surface area contributed by atoms with Crippen LogP contribution in [0.3, 0.4) is 0 Å². The largest absolute Gasteiger partial charge is 0.463 e. The lowest BCUT2D eigenvalue weighted by Crippen LogP contribution is -2.38. The number of aliphatic hydroxyl groups excluding tert-OH is 2. The molecule has 7 heteroatoms. The smallest absolute Gasteiger partial charge is 0.343 e. The van der Waals surface area contributed by atoms with E-state index in [1.165, 1.54) is 31.3 Å². The van der Waals surface area contributed by atoms with E-state index in [9.17, 15) is 24.6 Å². The number of cyclic esters (lactones) is 1. The lowest BCUT2D eigenvalue weighted by molar-refractivity contribution is -0.156. The molecule has 1 aliphatic rings. The van der Waals surface area contributed by atoms with Crippen molar-refractivity contribution in [2.45, 2.75) is 97.4 Å². The van der Waals surface area contributed by atoms with E-state index in [2.05, 4.69) is 32.4 Å². The molecule has 0 spiro atoms. The minimum Gasteiger partial charge on any atom is -0.463 e. The molecule has 4 atom stereocenters. The summed E-state index contributed by atoms with van der Waals surface area (Å²) in [6.45, 7) is 8.42.